The molecule has 1 aromatic carbocycles. The number of halogens is 1. The van der Waals surface area contributed by atoms with Crippen molar-refractivity contribution in [2.24, 2.45) is 5.73 Å². The quantitative estimate of drug-likeness (QED) is 0.908. The smallest absolute Gasteiger partial charge is 0.214 e. The lowest BCUT2D eigenvalue weighted by Crippen LogP contribution is -2.04. The van der Waals surface area contributed by atoms with E-state index in [0.717, 1.165) is 16.8 Å². The summed E-state index contributed by atoms with van der Waals surface area (Å²) >= 11 is 5.95. The maximum absolute atomic E-state index is 5.95. The molecule has 1 aromatic heterocycles. The zero-order valence-electron chi connectivity index (χ0n) is 11.8. The molecule has 0 aliphatic rings. The van der Waals surface area contributed by atoms with E-state index in [1.54, 1.807) is 0 Å². The predicted molar refractivity (Wildman–Crippen MR) is 82.0 cm³/mol. The van der Waals surface area contributed by atoms with Crippen molar-refractivity contribution in [1.82, 2.24) is 4.98 Å². The van der Waals surface area contributed by atoms with Crippen LogP contribution in [0.15, 0.2) is 36.4 Å². The molecule has 0 aliphatic heterocycles. The van der Waals surface area contributed by atoms with Crippen molar-refractivity contribution in [2.75, 3.05) is 0 Å². The molecule has 0 fully saturated rings. The third-order valence-corrected chi connectivity index (χ3v) is 3.22. The van der Waals surface area contributed by atoms with E-state index in [-0.39, 0.29) is 0 Å². The van der Waals surface area contributed by atoms with Crippen molar-refractivity contribution in [1.29, 1.82) is 0 Å². The Morgan fingerprint density at radius 3 is 2.65 bits per heavy atom. The average Bonchev–Trinajstić information content (AvgIpc) is 2.45. The van der Waals surface area contributed by atoms with Crippen molar-refractivity contribution in [3.8, 4) is 5.88 Å². The van der Waals surface area contributed by atoms with Crippen LogP contribution in [-0.4, -0.2) is 4.98 Å². The van der Waals surface area contributed by atoms with Gasteiger partial charge in [0, 0.05) is 23.3 Å². The molecule has 1 heterocycles. The Hall–Kier alpha value is -1.58. The first-order valence-electron chi connectivity index (χ1n) is 6.66. The van der Waals surface area contributed by atoms with Gasteiger partial charge < -0.3 is 10.5 Å². The van der Waals surface area contributed by atoms with E-state index >= 15 is 0 Å². The van der Waals surface area contributed by atoms with Crippen LogP contribution in [0.5, 0.6) is 5.88 Å². The Labute approximate surface area is 124 Å². The van der Waals surface area contributed by atoms with Gasteiger partial charge in [0.1, 0.15) is 6.61 Å². The van der Waals surface area contributed by atoms with Gasteiger partial charge >= 0.3 is 0 Å². The Balaban J connectivity index is 2.14. The summed E-state index contributed by atoms with van der Waals surface area (Å²) in [4.78, 5) is 4.51. The van der Waals surface area contributed by atoms with Crippen LogP contribution in [0.3, 0.4) is 0 Å². The molecule has 2 rings (SSSR count). The van der Waals surface area contributed by atoms with E-state index < -0.39 is 0 Å². The second-order valence-electron chi connectivity index (χ2n) is 5.02. The van der Waals surface area contributed by atoms with E-state index in [1.165, 1.54) is 0 Å². The Morgan fingerprint density at radius 2 is 2.00 bits per heavy atom. The number of nitrogens with two attached hydrogens (primary N) is 1. The van der Waals surface area contributed by atoms with Gasteiger partial charge in [0.05, 0.1) is 0 Å². The maximum atomic E-state index is 5.95. The first-order chi connectivity index (χ1) is 9.58. The van der Waals surface area contributed by atoms with Crippen LogP contribution >= 0.6 is 11.6 Å². The molecule has 0 radical (unpaired) electrons. The van der Waals surface area contributed by atoms with Crippen molar-refractivity contribution < 1.29 is 4.74 Å². The van der Waals surface area contributed by atoms with Crippen LogP contribution in [0, 0.1) is 0 Å². The lowest BCUT2D eigenvalue weighted by Gasteiger charge is -2.11. The Kier molecular flexibility index (Phi) is 4.99. The summed E-state index contributed by atoms with van der Waals surface area (Å²) in [7, 11) is 0. The van der Waals surface area contributed by atoms with Crippen molar-refractivity contribution in [3.05, 3.63) is 58.2 Å². The standard InChI is InChI=1S/C16H19ClN2O/c1-11(2)15-7-13(9-18)8-16(19-15)20-10-12-4-3-5-14(17)6-12/h3-8,11H,9-10,18H2,1-2H3. The highest BCUT2D eigenvalue weighted by Crippen LogP contribution is 2.20. The van der Waals surface area contributed by atoms with Gasteiger partial charge in [-0.1, -0.05) is 37.6 Å². The summed E-state index contributed by atoms with van der Waals surface area (Å²) in [5, 5.41) is 0.706. The fourth-order valence-electron chi connectivity index (χ4n) is 1.85. The van der Waals surface area contributed by atoms with E-state index in [2.05, 4.69) is 18.8 Å². The molecule has 0 amide bonds. The van der Waals surface area contributed by atoms with Crippen molar-refractivity contribution in [2.45, 2.75) is 32.9 Å². The number of rotatable bonds is 5. The van der Waals surface area contributed by atoms with E-state index in [9.17, 15) is 0 Å². The van der Waals surface area contributed by atoms with Gasteiger partial charge in [-0.3, -0.25) is 0 Å². The molecule has 0 atom stereocenters. The molecule has 2 N–H and O–H groups in total. The number of nitrogens with zero attached hydrogens (tertiary/aromatic N) is 1. The lowest BCUT2D eigenvalue weighted by molar-refractivity contribution is 0.292. The number of pyridine rings is 1. The largest absolute Gasteiger partial charge is 0.473 e. The third kappa shape index (κ3) is 3.95. The second-order valence-corrected chi connectivity index (χ2v) is 5.45. The average molecular weight is 291 g/mol. The zero-order chi connectivity index (χ0) is 14.5. The molecule has 0 unspecified atom stereocenters. The molecule has 106 valence electrons. The van der Waals surface area contributed by atoms with Gasteiger partial charge in [-0.15, -0.1) is 0 Å². The molecule has 0 aliphatic carbocycles. The molecule has 0 bridgehead atoms. The van der Waals surface area contributed by atoms with Crippen molar-refractivity contribution in [3.63, 3.8) is 0 Å². The minimum Gasteiger partial charge on any atom is -0.473 e. The van der Waals surface area contributed by atoms with Crippen LogP contribution < -0.4 is 10.5 Å². The number of hydrogen-bond donors (Lipinski definition) is 1. The summed E-state index contributed by atoms with van der Waals surface area (Å²) in [5.74, 6) is 0.951. The lowest BCUT2D eigenvalue weighted by atomic mass is 10.1. The topological polar surface area (TPSA) is 48.1 Å². The number of hydrogen-bond acceptors (Lipinski definition) is 3. The Morgan fingerprint density at radius 1 is 1.20 bits per heavy atom. The molecule has 4 heteroatoms. The fourth-order valence-corrected chi connectivity index (χ4v) is 2.07. The summed E-state index contributed by atoms with van der Waals surface area (Å²) in [6.07, 6.45) is 0. The van der Waals surface area contributed by atoms with Gasteiger partial charge in [0.15, 0.2) is 0 Å². The van der Waals surface area contributed by atoms with Gasteiger partial charge in [0.25, 0.3) is 0 Å². The molecule has 0 saturated heterocycles. The SMILES string of the molecule is CC(C)c1cc(CN)cc(OCc2cccc(Cl)c2)n1. The highest BCUT2D eigenvalue weighted by molar-refractivity contribution is 6.30. The van der Waals surface area contributed by atoms with Gasteiger partial charge in [-0.05, 0) is 35.2 Å². The second kappa shape index (κ2) is 6.73. The van der Waals surface area contributed by atoms with Crippen LogP contribution in [-0.2, 0) is 13.2 Å². The predicted octanol–water partition coefficient (Wildman–Crippen LogP) is 3.90. The molecule has 20 heavy (non-hydrogen) atoms. The molecular formula is C16H19ClN2O. The van der Waals surface area contributed by atoms with Gasteiger partial charge in [-0.25, -0.2) is 4.98 Å². The highest BCUT2D eigenvalue weighted by Gasteiger charge is 2.07. The van der Waals surface area contributed by atoms with Crippen LogP contribution in [0.25, 0.3) is 0 Å². The first-order valence-corrected chi connectivity index (χ1v) is 7.04. The Bertz CT molecular complexity index is 584. The number of aromatic nitrogens is 1. The van der Waals surface area contributed by atoms with Crippen LogP contribution in [0.2, 0.25) is 5.02 Å². The number of ether oxygens (including phenoxy) is 1. The molecule has 3 nitrogen and oxygen atoms in total. The molecule has 0 spiro atoms. The maximum Gasteiger partial charge on any atom is 0.214 e. The summed E-state index contributed by atoms with van der Waals surface area (Å²) in [5.41, 5.74) is 8.76. The first kappa shape index (κ1) is 14.8. The van der Waals surface area contributed by atoms with E-state index in [1.807, 2.05) is 36.4 Å². The third-order valence-electron chi connectivity index (χ3n) is 2.98. The molecular weight excluding hydrogens is 272 g/mol. The summed E-state index contributed by atoms with van der Waals surface area (Å²) in [6.45, 7) is 5.13. The van der Waals surface area contributed by atoms with E-state index in [0.29, 0.717) is 30.0 Å². The summed E-state index contributed by atoms with van der Waals surface area (Å²) < 4.78 is 5.76. The molecule has 0 saturated carbocycles. The summed E-state index contributed by atoms with van der Waals surface area (Å²) in [6, 6.07) is 11.5. The van der Waals surface area contributed by atoms with Crippen LogP contribution in [0.4, 0.5) is 0 Å². The fraction of sp³-hybridized carbons (Fsp3) is 0.312. The van der Waals surface area contributed by atoms with Gasteiger partial charge in [0.2, 0.25) is 5.88 Å². The van der Waals surface area contributed by atoms with Crippen molar-refractivity contribution >= 4 is 11.6 Å². The normalized spacial score (nSPS) is 10.8. The van der Waals surface area contributed by atoms with Gasteiger partial charge in [-0.2, -0.15) is 0 Å². The monoisotopic (exact) mass is 290 g/mol. The van der Waals surface area contributed by atoms with Crippen LogP contribution in [0.1, 0.15) is 36.6 Å². The van der Waals surface area contributed by atoms with E-state index in [4.69, 9.17) is 22.1 Å². The number of benzene rings is 1. The minimum atomic E-state index is 0.343. The highest BCUT2D eigenvalue weighted by atomic mass is 35.5. The zero-order valence-corrected chi connectivity index (χ0v) is 12.5. The minimum absolute atomic E-state index is 0.343. The molecule has 2 aromatic rings.